The van der Waals surface area contributed by atoms with Gasteiger partial charge in [0.2, 0.25) is 0 Å². The van der Waals surface area contributed by atoms with Gasteiger partial charge in [-0.3, -0.25) is 4.79 Å². The number of para-hydroxylation sites is 2. The van der Waals surface area contributed by atoms with Crippen LogP contribution in [-0.2, 0) is 13.0 Å². The number of anilines is 1. The molecule has 0 bridgehead atoms. The Hall–Kier alpha value is -3.28. The summed E-state index contributed by atoms with van der Waals surface area (Å²) in [5.74, 6) is 0.793. The number of methoxy groups -OCH3 is 1. The van der Waals surface area contributed by atoms with E-state index in [1.165, 1.54) is 6.07 Å². The van der Waals surface area contributed by atoms with Gasteiger partial charge in [0, 0.05) is 6.54 Å². The maximum atomic E-state index is 13.7. The molecule has 0 saturated heterocycles. The largest absolute Gasteiger partial charge is 0.495 e. The van der Waals surface area contributed by atoms with E-state index in [2.05, 4.69) is 0 Å². The van der Waals surface area contributed by atoms with E-state index in [0.29, 0.717) is 18.1 Å². The minimum Gasteiger partial charge on any atom is -0.495 e. The van der Waals surface area contributed by atoms with Gasteiger partial charge in [0.25, 0.3) is 5.91 Å². The van der Waals surface area contributed by atoms with Crippen molar-refractivity contribution < 1.29 is 23.1 Å². The van der Waals surface area contributed by atoms with Crippen molar-refractivity contribution >= 4 is 11.6 Å². The summed E-state index contributed by atoms with van der Waals surface area (Å²) in [6.45, 7) is 0.627. The van der Waals surface area contributed by atoms with Crippen molar-refractivity contribution in [2.24, 2.45) is 0 Å². The number of nitrogens with zero attached hydrogens (tertiary/aromatic N) is 1. The van der Waals surface area contributed by atoms with E-state index in [9.17, 15) is 9.18 Å². The predicted molar refractivity (Wildman–Crippen MR) is 102 cm³/mol. The standard InChI is InChI=1S/C22H20FNO4/c1-26-19-10-4-6-15-7-5-13-24(21(15)19)22(25)20-12-11-16(28-20)14-27-18-9-3-2-8-17(18)23/h2-4,6,8-12H,5,7,13-14H2,1H3. The fourth-order valence-electron chi connectivity index (χ4n) is 3.40. The lowest BCUT2D eigenvalue weighted by molar-refractivity contribution is 0.0953. The summed E-state index contributed by atoms with van der Waals surface area (Å²) in [6, 6.07) is 15.2. The lowest BCUT2D eigenvalue weighted by Crippen LogP contribution is -2.35. The number of carbonyl (C=O) groups excluding carboxylic acids is 1. The maximum Gasteiger partial charge on any atom is 0.294 e. The molecule has 0 N–H and O–H groups in total. The fourth-order valence-corrected chi connectivity index (χ4v) is 3.40. The van der Waals surface area contributed by atoms with Crippen LogP contribution in [0, 0.1) is 5.82 Å². The Balaban J connectivity index is 1.52. The van der Waals surface area contributed by atoms with Gasteiger partial charge >= 0.3 is 0 Å². The first-order valence-electron chi connectivity index (χ1n) is 9.11. The van der Waals surface area contributed by atoms with Crippen LogP contribution in [0.5, 0.6) is 11.5 Å². The molecule has 5 nitrogen and oxygen atoms in total. The Morgan fingerprint density at radius 3 is 2.75 bits per heavy atom. The molecule has 1 aliphatic rings. The highest BCUT2D eigenvalue weighted by Gasteiger charge is 2.28. The van der Waals surface area contributed by atoms with E-state index in [1.54, 1.807) is 42.3 Å². The van der Waals surface area contributed by atoms with Crippen LogP contribution >= 0.6 is 0 Å². The Bertz CT molecular complexity index is 983. The zero-order valence-corrected chi connectivity index (χ0v) is 15.5. The minimum atomic E-state index is -0.442. The average molecular weight is 381 g/mol. The highest BCUT2D eigenvalue weighted by atomic mass is 19.1. The number of benzene rings is 2. The molecule has 1 amide bonds. The first-order valence-corrected chi connectivity index (χ1v) is 9.11. The number of fused-ring (bicyclic) bond motifs is 1. The Morgan fingerprint density at radius 1 is 1.11 bits per heavy atom. The number of carbonyl (C=O) groups is 1. The summed E-state index contributed by atoms with van der Waals surface area (Å²) in [5.41, 5.74) is 1.87. The van der Waals surface area contributed by atoms with Crippen molar-refractivity contribution in [3.8, 4) is 11.5 Å². The van der Waals surface area contributed by atoms with Crippen molar-refractivity contribution in [2.45, 2.75) is 19.4 Å². The Morgan fingerprint density at radius 2 is 1.93 bits per heavy atom. The van der Waals surface area contributed by atoms with Crippen molar-refractivity contribution in [1.29, 1.82) is 0 Å². The van der Waals surface area contributed by atoms with Crippen molar-refractivity contribution in [1.82, 2.24) is 0 Å². The van der Waals surface area contributed by atoms with Crippen LogP contribution < -0.4 is 14.4 Å². The quantitative estimate of drug-likeness (QED) is 0.648. The number of aryl methyl sites for hydroxylation is 1. The van der Waals surface area contributed by atoms with E-state index in [1.807, 2.05) is 18.2 Å². The molecule has 0 unspecified atom stereocenters. The number of halogens is 1. The second-order valence-electron chi connectivity index (χ2n) is 6.51. The van der Waals surface area contributed by atoms with E-state index < -0.39 is 5.82 Å². The lowest BCUT2D eigenvalue weighted by Gasteiger charge is -2.30. The second-order valence-corrected chi connectivity index (χ2v) is 6.51. The van der Waals surface area contributed by atoms with Gasteiger partial charge in [-0.25, -0.2) is 4.39 Å². The molecule has 28 heavy (non-hydrogen) atoms. The summed E-state index contributed by atoms with van der Waals surface area (Å²) in [7, 11) is 1.60. The molecule has 1 aromatic heterocycles. The van der Waals surface area contributed by atoms with E-state index >= 15 is 0 Å². The number of rotatable bonds is 5. The predicted octanol–water partition coefficient (Wildman–Crippen LogP) is 4.60. The molecule has 0 saturated carbocycles. The SMILES string of the molecule is COc1cccc2c1N(C(=O)c1ccc(COc3ccccc3F)o1)CCC2. The first-order chi connectivity index (χ1) is 13.7. The summed E-state index contributed by atoms with van der Waals surface area (Å²) in [5, 5.41) is 0. The van der Waals surface area contributed by atoms with E-state index in [4.69, 9.17) is 13.9 Å². The van der Waals surface area contributed by atoms with Gasteiger partial charge in [0.1, 0.15) is 18.1 Å². The van der Waals surface area contributed by atoms with Gasteiger partial charge in [-0.2, -0.15) is 0 Å². The van der Waals surface area contributed by atoms with Crippen LogP contribution in [0.25, 0.3) is 0 Å². The van der Waals surface area contributed by atoms with Crippen LogP contribution in [-0.4, -0.2) is 19.6 Å². The Labute approximate surface area is 162 Å². The average Bonchev–Trinajstić information content (AvgIpc) is 3.21. The molecule has 144 valence electrons. The highest BCUT2D eigenvalue weighted by Crippen LogP contribution is 2.37. The molecule has 0 aliphatic carbocycles. The van der Waals surface area contributed by atoms with E-state index in [-0.39, 0.29) is 24.0 Å². The number of hydrogen-bond donors (Lipinski definition) is 0. The third-order valence-corrected chi connectivity index (χ3v) is 4.72. The smallest absolute Gasteiger partial charge is 0.294 e. The Kier molecular flexibility index (Phi) is 5.02. The maximum absolute atomic E-state index is 13.7. The summed E-state index contributed by atoms with van der Waals surface area (Å²) >= 11 is 0. The van der Waals surface area contributed by atoms with Gasteiger partial charge < -0.3 is 18.8 Å². The molecule has 1 aliphatic heterocycles. The van der Waals surface area contributed by atoms with Crippen LogP contribution in [0.15, 0.2) is 59.0 Å². The third-order valence-electron chi connectivity index (χ3n) is 4.72. The molecule has 6 heteroatoms. The van der Waals surface area contributed by atoms with Gasteiger partial charge in [0.05, 0.1) is 12.8 Å². The van der Waals surface area contributed by atoms with Crippen LogP contribution in [0.3, 0.4) is 0 Å². The normalized spacial score (nSPS) is 13.1. The summed E-state index contributed by atoms with van der Waals surface area (Å²) < 4.78 is 30.2. The fraction of sp³-hybridized carbons (Fsp3) is 0.227. The lowest BCUT2D eigenvalue weighted by atomic mass is 10.0. The van der Waals surface area contributed by atoms with Crippen molar-refractivity contribution in [3.05, 3.63) is 77.5 Å². The van der Waals surface area contributed by atoms with Gasteiger partial charge in [0.15, 0.2) is 17.3 Å². The molecule has 4 rings (SSSR count). The molecule has 0 spiro atoms. The summed E-state index contributed by atoms with van der Waals surface area (Å²) in [6.07, 6.45) is 1.77. The molecule has 2 aromatic carbocycles. The van der Waals surface area contributed by atoms with Crippen molar-refractivity contribution in [3.63, 3.8) is 0 Å². The van der Waals surface area contributed by atoms with Crippen molar-refractivity contribution in [2.75, 3.05) is 18.6 Å². The van der Waals surface area contributed by atoms with Crippen LogP contribution in [0.2, 0.25) is 0 Å². The van der Waals surface area contributed by atoms with Gasteiger partial charge in [-0.15, -0.1) is 0 Å². The molecule has 0 radical (unpaired) electrons. The molecular formula is C22H20FNO4. The van der Waals surface area contributed by atoms with Crippen LogP contribution in [0.1, 0.15) is 28.3 Å². The second kappa shape index (κ2) is 7.76. The topological polar surface area (TPSA) is 51.9 Å². The zero-order valence-electron chi connectivity index (χ0n) is 15.5. The zero-order chi connectivity index (χ0) is 19.5. The third kappa shape index (κ3) is 3.45. The van der Waals surface area contributed by atoms with E-state index in [0.717, 1.165) is 24.1 Å². The van der Waals surface area contributed by atoms with Gasteiger partial charge in [-0.1, -0.05) is 24.3 Å². The molecular weight excluding hydrogens is 361 g/mol. The molecule has 2 heterocycles. The molecule has 0 atom stereocenters. The minimum absolute atomic E-state index is 0.0358. The number of hydrogen-bond acceptors (Lipinski definition) is 4. The number of ether oxygens (including phenoxy) is 2. The number of amides is 1. The first kappa shape index (κ1) is 18.1. The highest BCUT2D eigenvalue weighted by molar-refractivity contribution is 6.06. The monoisotopic (exact) mass is 381 g/mol. The van der Waals surface area contributed by atoms with Crippen LogP contribution in [0.4, 0.5) is 10.1 Å². The van der Waals surface area contributed by atoms with Gasteiger partial charge in [-0.05, 0) is 48.7 Å². The molecule has 3 aromatic rings. The summed E-state index contributed by atoms with van der Waals surface area (Å²) in [4.78, 5) is 14.7. The molecule has 0 fully saturated rings. The number of furan rings is 1.